The molecular formula is C15H21BrO. The smallest absolute Gasteiger partial charge is 0.0471 e. The molecule has 1 aromatic carbocycles. The van der Waals surface area contributed by atoms with Gasteiger partial charge in [0.25, 0.3) is 0 Å². The summed E-state index contributed by atoms with van der Waals surface area (Å²) in [5.74, 6) is 0. The Balaban J connectivity index is 2.17. The average Bonchev–Trinajstić information content (AvgIpc) is 2.29. The van der Waals surface area contributed by atoms with Crippen molar-refractivity contribution in [1.82, 2.24) is 0 Å². The number of alkyl halides is 1. The Morgan fingerprint density at radius 3 is 2.24 bits per heavy atom. The summed E-state index contributed by atoms with van der Waals surface area (Å²) in [6.07, 6.45) is 3.51. The Kier molecular flexibility index (Phi) is 4.26. The van der Waals surface area contributed by atoms with E-state index in [1.54, 1.807) is 0 Å². The van der Waals surface area contributed by atoms with Crippen molar-refractivity contribution in [2.45, 2.75) is 33.1 Å². The van der Waals surface area contributed by atoms with E-state index in [-0.39, 0.29) is 0 Å². The van der Waals surface area contributed by atoms with Crippen molar-refractivity contribution in [3.8, 4) is 0 Å². The standard InChI is InChI=1S/C15H21BrO/c1-12-7-13(2)9-14(8-12)10-15(11-16)3-5-17-6-4-15/h7-9H,3-6,10-11H2,1-2H3. The fourth-order valence-electron chi connectivity index (χ4n) is 2.77. The van der Waals surface area contributed by atoms with Crippen molar-refractivity contribution >= 4 is 15.9 Å². The molecule has 1 nitrogen and oxygen atoms in total. The molecule has 1 fully saturated rings. The SMILES string of the molecule is Cc1cc(C)cc(CC2(CBr)CCOCC2)c1. The van der Waals surface area contributed by atoms with Gasteiger partial charge in [0.05, 0.1) is 0 Å². The minimum absolute atomic E-state index is 0.401. The summed E-state index contributed by atoms with van der Waals surface area (Å²) in [5, 5.41) is 1.08. The lowest BCUT2D eigenvalue weighted by Crippen LogP contribution is -2.33. The predicted molar refractivity (Wildman–Crippen MR) is 75.9 cm³/mol. The maximum absolute atomic E-state index is 5.49. The third kappa shape index (κ3) is 3.32. The van der Waals surface area contributed by atoms with E-state index in [1.807, 2.05) is 0 Å². The quantitative estimate of drug-likeness (QED) is 0.765. The van der Waals surface area contributed by atoms with Gasteiger partial charge in [-0.15, -0.1) is 0 Å². The molecule has 2 rings (SSSR count). The normalized spacial score (nSPS) is 19.2. The summed E-state index contributed by atoms with van der Waals surface area (Å²) in [7, 11) is 0. The van der Waals surface area contributed by atoms with E-state index in [0.29, 0.717) is 5.41 Å². The molecule has 1 saturated heterocycles. The lowest BCUT2D eigenvalue weighted by molar-refractivity contribution is 0.0270. The van der Waals surface area contributed by atoms with Crippen molar-refractivity contribution in [1.29, 1.82) is 0 Å². The van der Waals surface area contributed by atoms with Gasteiger partial charge in [-0.3, -0.25) is 0 Å². The van der Waals surface area contributed by atoms with Gasteiger partial charge in [-0.1, -0.05) is 45.3 Å². The maximum atomic E-state index is 5.49. The summed E-state index contributed by atoms with van der Waals surface area (Å²) in [6, 6.07) is 6.90. The second-order valence-electron chi connectivity index (χ2n) is 5.42. The molecule has 0 amide bonds. The van der Waals surface area contributed by atoms with E-state index < -0.39 is 0 Å². The predicted octanol–water partition coefficient (Wildman–Crippen LogP) is 4.04. The average molecular weight is 297 g/mol. The molecule has 0 bridgehead atoms. The highest BCUT2D eigenvalue weighted by molar-refractivity contribution is 9.09. The molecule has 0 aromatic heterocycles. The van der Waals surface area contributed by atoms with Crippen LogP contribution in [0.1, 0.15) is 29.5 Å². The van der Waals surface area contributed by atoms with E-state index in [0.717, 1.165) is 18.5 Å². The van der Waals surface area contributed by atoms with Gasteiger partial charge in [-0.05, 0) is 44.1 Å². The van der Waals surface area contributed by atoms with Crippen molar-refractivity contribution in [2.75, 3.05) is 18.5 Å². The Morgan fingerprint density at radius 1 is 1.12 bits per heavy atom. The number of aryl methyl sites for hydroxylation is 2. The van der Waals surface area contributed by atoms with Crippen molar-refractivity contribution in [3.05, 3.63) is 34.9 Å². The van der Waals surface area contributed by atoms with Crippen molar-refractivity contribution < 1.29 is 4.74 Å². The van der Waals surface area contributed by atoms with Crippen LogP contribution in [0.3, 0.4) is 0 Å². The van der Waals surface area contributed by atoms with E-state index in [1.165, 1.54) is 36.0 Å². The van der Waals surface area contributed by atoms with Crippen LogP contribution in [-0.2, 0) is 11.2 Å². The van der Waals surface area contributed by atoms with Gasteiger partial charge in [0.15, 0.2) is 0 Å². The number of rotatable bonds is 3. The molecule has 1 aromatic rings. The molecule has 0 N–H and O–H groups in total. The van der Waals surface area contributed by atoms with Crippen molar-refractivity contribution in [2.24, 2.45) is 5.41 Å². The highest BCUT2D eigenvalue weighted by Crippen LogP contribution is 2.36. The summed E-state index contributed by atoms with van der Waals surface area (Å²) in [5.41, 5.74) is 4.62. The highest BCUT2D eigenvalue weighted by Gasteiger charge is 2.31. The zero-order chi connectivity index (χ0) is 12.3. The molecular weight excluding hydrogens is 276 g/mol. The Bertz CT molecular complexity index is 360. The molecule has 0 radical (unpaired) electrons. The minimum Gasteiger partial charge on any atom is -0.381 e. The van der Waals surface area contributed by atoms with Crippen LogP contribution >= 0.6 is 15.9 Å². The first-order valence-corrected chi connectivity index (χ1v) is 7.47. The molecule has 1 heterocycles. The molecule has 1 aliphatic rings. The number of benzene rings is 1. The summed E-state index contributed by atoms with van der Waals surface area (Å²) < 4.78 is 5.49. The molecule has 0 unspecified atom stereocenters. The van der Waals surface area contributed by atoms with Crippen LogP contribution in [0.15, 0.2) is 18.2 Å². The molecule has 0 saturated carbocycles. The van der Waals surface area contributed by atoms with Gasteiger partial charge in [0, 0.05) is 18.5 Å². The Labute approximate surface area is 113 Å². The Morgan fingerprint density at radius 2 is 1.71 bits per heavy atom. The van der Waals surface area contributed by atoms with Gasteiger partial charge >= 0.3 is 0 Å². The molecule has 94 valence electrons. The molecule has 17 heavy (non-hydrogen) atoms. The van der Waals surface area contributed by atoms with Crippen LogP contribution in [0.2, 0.25) is 0 Å². The summed E-state index contributed by atoms with van der Waals surface area (Å²) >= 11 is 3.71. The zero-order valence-electron chi connectivity index (χ0n) is 10.8. The van der Waals surface area contributed by atoms with Crippen LogP contribution in [0.5, 0.6) is 0 Å². The van der Waals surface area contributed by atoms with Crippen LogP contribution in [0.25, 0.3) is 0 Å². The molecule has 1 aliphatic heterocycles. The lowest BCUT2D eigenvalue weighted by Gasteiger charge is -2.36. The van der Waals surface area contributed by atoms with Crippen LogP contribution < -0.4 is 0 Å². The van der Waals surface area contributed by atoms with Gasteiger partial charge in [-0.25, -0.2) is 0 Å². The zero-order valence-corrected chi connectivity index (χ0v) is 12.3. The highest BCUT2D eigenvalue weighted by atomic mass is 79.9. The number of halogens is 1. The molecule has 0 atom stereocenters. The van der Waals surface area contributed by atoms with Crippen LogP contribution in [-0.4, -0.2) is 18.5 Å². The van der Waals surface area contributed by atoms with E-state index in [4.69, 9.17) is 4.74 Å². The third-order valence-electron chi connectivity index (χ3n) is 3.70. The van der Waals surface area contributed by atoms with E-state index >= 15 is 0 Å². The fourth-order valence-corrected chi connectivity index (χ4v) is 3.53. The topological polar surface area (TPSA) is 9.23 Å². The first-order valence-electron chi connectivity index (χ1n) is 6.34. The van der Waals surface area contributed by atoms with Gasteiger partial charge in [0.2, 0.25) is 0 Å². The van der Waals surface area contributed by atoms with Gasteiger partial charge in [0.1, 0.15) is 0 Å². The van der Waals surface area contributed by atoms with E-state index in [9.17, 15) is 0 Å². The summed E-state index contributed by atoms with van der Waals surface area (Å²) in [6.45, 7) is 6.19. The second kappa shape index (κ2) is 5.53. The van der Waals surface area contributed by atoms with Gasteiger partial charge in [-0.2, -0.15) is 0 Å². The second-order valence-corrected chi connectivity index (χ2v) is 5.98. The lowest BCUT2D eigenvalue weighted by atomic mass is 9.77. The third-order valence-corrected chi connectivity index (χ3v) is 4.89. The van der Waals surface area contributed by atoms with Crippen LogP contribution in [0.4, 0.5) is 0 Å². The molecule has 0 aliphatic carbocycles. The first-order chi connectivity index (χ1) is 8.13. The van der Waals surface area contributed by atoms with E-state index in [2.05, 4.69) is 48.0 Å². The van der Waals surface area contributed by atoms with Gasteiger partial charge < -0.3 is 4.74 Å². The minimum atomic E-state index is 0.401. The Hall–Kier alpha value is -0.340. The summed E-state index contributed by atoms with van der Waals surface area (Å²) in [4.78, 5) is 0. The molecule has 2 heteroatoms. The van der Waals surface area contributed by atoms with Crippen molar-refractivity contribution in [3.63, 3.8) is 0 Å². The number of hydrogen-bond donors (Lipinski definition) is 0. The number of hydrogen-bond acceptors (Lipinski definition) is 1. The fraction of sp³-hybridized carbons (Fsp3) is 0.600. The maximum Gasteiger partial charge on any atom is 0.0471 e. The molecule has 0 spiro atoms. The monoisotopic (exact) mass is 296 g/mol. The number of ether oxygens (including phenoxy) is 1. The van der Waals surface area contributed by atoms with Crippen LogP contribution in [0, 0.1) is 19.3 Å². The first kappa shape index (κ1) is 13.1. The largest absolute Gasteiger partial charge is 0.381 e.